The molecule has 0 amide bonds. The number of carbonyl (C=O) groups is 1. The van der Waals surface area contributed by atoms with Crippen LogP contribution in [0.25, 0.3) is 0 Å². The Kier molecular flexibility index (Phi) is 11.8. The van der Waals surface area contributed by atoms with Crippen molar-refractivity contribution in [1.29, 1.82) is 0 Å². The van der Waals surface area contributed by atoms with Crippen LogP contribution in [0.2, 0.25) is 5.02 Å². The van der Waals surface area contributed by atoms with Gasteiger partial charge in [0.15, 0.2) is 0 Å². The van der Waals surface area contributed by atoms with Crippen LogP contribution in [-0.2, 0) is 9.26 Å². The van der Waals surface area contributed by atoms with Crippen molar-refractivity contribution in [3.05, 3.63) is 53.1 Å². The molecule has 0 heterocycles. The quantitative estimate of drug-likeness (QED) is 0.310. The molecule has 28 heavy (non-hydrogen) atoms. The van der Waals surface area contributed by atoms with E-state index in [1.165, 1.54) is 7.11 Å². The fourth-order valence-electron chi connectivity index (χ4n) is 2.41. The van der Waals surface area contributed by atoms with Crippen molar-refractivity contribution < 1.29 is 23.5 Å². The van der Waals surface area contributed by atoms with Gasteiger partial charge in [-0.15, -0.1) is 0 Å². The Morgan fingerprint density at radius 1 is 1.04 bits per heavy atom. The van der Waals surface area contributed by atoms with E-state index in [4.69, 9.17) is 30.3 Å². The molecule has 0 N–H and O–H groups in total. The van der Waals surface area contributed by atoms with Gasteiger partial charge in [-0.2, -0.15) is 0 Å². The van der Waals surface area contributed by atoms with Crippen LogP contribution < -0.4 is 14.8 Å². The van der Waals surface area contributed by atoms with Gasteiger partial charge in [0, 0.05) is 30.8 Å². The van der Waals surface area contributed by atoms with Gasteiger partial charge in [0.05, 0.1) is 37.5 Å². The Bertz CT molecular complexity index is 742. The molecule has 0 spiro atoms. The van der Waals surface area contributed by atoms with Crippen molar-refractivity contribution in [2.24, 2.45) is 0 Å². The third-order valence-corrected chi connectivity index (χ3v) is 5.74. The fraction of sp³-hybridized carbons (Fsp3) is 0.350. The van der Waals surface area contributed by atoms with E-state index in [9.17, 15) is 4.79 Å². The number of halogens is 1. The van der Waals surface area contributed by atoms with Crippen LogP contribution in [0.15, 0.2) is 42.5 Å². The van der Waals surface area contributed by atoms with Gasteiger partial charge in [0.2, 0.25) is 5.52 Å². The summed E-state index contributed by atoms with van der Waals surface area (Å²) in [5.41, 5.74) is 0.131. The summed E-state index contributed by atoms with van der Waals surface area (Å²) in [7, 11) is -0.0971. The van der Waals surface area contributed by atoms with Crippen molar-refractivity contribution in [3.8, 4) is 11.5 Å². The second-order valence-corrected chi connectivity index (χ2v) is 7.55. The van der Waals surface area contributed by atoms with Gasteiger partial charge < -0.3 is 18.7 Å². The average molecular weight is 418 g/mol. The number of ether oxygens (including phenoxy) is 3. The van der Waals surface area contributed by atoms with E-state index < -0.39 is 8.15 Å². The number of rotatable bonds is 11. The van der Waals surface area contributed by atoms with Gasteiger partial charge in [-0.1, -0.05) is 17.7 Å². The molecule has 0 bridgehead atoms. The number of carbonyl (C=O) groups excluding carboxylic acids is 1. The van der Waals surface area contributed by atoms with Crippen LogP contribution in [0, 0.1) is 0 Å². The minimum absolute atomic E-state index is 0. The van der Waals surface area contributed by atoms with E-state index in [1.807, 2.05) is 38.1 Å². The first-order chi connectivity index (χ1) is 13.1. The molecule has 8 heteroatoms. The zero-order valence-corrected chi connectivity index (χ0v) is 18.4. The van der Waals surface area contributed by atoms with E-state index >= 15 is 0 Å². The minimum Gasteiger partial charge on any atom is -0.496 e. The summed E-state index contributed by atoms with van der Waals surface area (Å²) in [4.78, 5) is 13.3. The molecule has 0 aliphatic heterocycles. The molecule has 147 valence electrons. The van der Waals surface area contributed by atoms with Crippen LogP contribution >= 0.6 is 19.7 Å². The van der Waals surface area contributed by atoms with Gasteiger partial charge in [-0.25, -0.2) is 0 Å². The number of benzene rings is 2. The minimum atomic E-state index is -1.61. The molecule has 5 nitrogen and oxygen atoms in total. The van der Waals surface area contributed by atoms with Gasteiger partial charge in [-0.3, -0.25) is 4.79 Å². The smallest absolute Gasteiger partial charge is 0.221 e. The van der Waals surface area contributed by atoms with Gasteiger partial charge in [0.25, 0.3) is 0 Å². The monoisotopic (exact) mass is 417 g/mol. The Morgan fingerprint density at radius 3 is 2.36 bits per heavy atom. The zero-order chi connectivity index (χ0) is 19.6. The Labute approximate surface area is 184 Å². The van der Waals surface area contributed by atoms with Crippen molar-refractivity contribution in [1.82, 2.24) is 0 Å². The third-order valence-electron chi connectivity index (χ3n) is 3.63. The maximum absolute atomic E-state index is 13.3. The third kappa shape index (κ3) is 6.78. The van der Waals surface area contributed by atoms with Crippen LogP contribution in [0.1, 0.15) is 24.2 Å². The topological polar surface area (TPSA) is 54.0 Å². The van der Waals surface area contributed by atoms with E-state index in [0.717, 1.165) is 11.1 Å². The largest absolute Gasteiger partial charge is 0.496 e. The van der Waals surface area contributed by atoms with E-state index in [1.54, 1.807) is 18.2 Å². The summed E-state index contributed by atoms with van der Waals surface area (Å²) in [6.45, 7) is 5.73. The van der Waals surface area contributed by atoms with Crippen molar-refractivity contribution in [3.63, 3.8) is 0 Å². The molecule has 2 rings (SSSR count). The molecule has 2 aromatic carbocycles. The number of hydrogen-bond donors (Lipinski definition) is 0. The summed E-state index contributed by atoms with van der Waals surface area (Å²) >= 11 is 6.29. The van der Waals surface area contributed by atoms with E-state index in [0.29, 0.717) is 42.8 Å². The number of methoxy groups -OCH3 is 1. The molecule has 0 aromatic heterocycles. The second kappa shape index (κ2) is 13.2. The van der Waals surface area contributed by atoms with Crippen LogP contribution in [-0.4, -0.2) is 57.9 Å². The molecule has 0 saturated carbocycles. The first kappa shape index (κ1) is 25.0. The summed E-state index contributed by atoms with van der Waals surface area (Å²) in [5.74, 6) is 1.17. The molecule has 1 radical (unpaired) electrons. The van der Waals surface area contributed by atoms with Crippen molar-refractivity contribution >= 4 is 49.4 Å². The maximum Gasteiger partial charge on any atom is 0.221 e. The molecule has 1 atom stereocenters. The predicted molar refractivity (Wildman–Crippen MR) is 115 cm³/mol. The predicted octanol–water partition coefficient (Wildman–Crippen LogP) is 4.28. The summed E-state index contributed by atoms with van der Waals surface area (Å²) in [5, 5.41) is 1.11. The molecule has 1 unspecified atom stereocenters. The Balaban J connectivity index is 0.00000392. The molecule has 0 fully saturated rings. The van der Waals surface area contributed by atoms with E-state index in [2.05, 4.69) is 0 Å². The molecule has 2 aromatic rings. The number of hydrogen-bond acceptors (Lipinski definition) is 5. The summed E-state index contributed by atoms with van der Waals surface area (Å²) in [6, 6.07) is 12.5. The van der Waals surface area contributed by atoms with Crippen LogP contribution in [0.3, 0.4) is 0 Å². The summed E-state index contributed by atoms with van der Waals surface area (Å²) in [6.07, 6.45) is 0. The fourth-order valence-corrected chi connectivity index (χ4v) is 4.34. The van der Waals surface area contributed by atoms with Gasteiger partial charge in [0.1, 0.15) is 19.6 Å². The molecular formula is C20H24ClLiO5P. The van der Waals surface area contributed by atoms with E-state index in [-0.39, 0.29) is 24.4 Å². The van der Waals surface area contributed by atoms with Crippen molar-refractivity contribution in [2.45, 2.75) is 13.8 Å². The van der Waals surface area contributed by atoms with Crippen LogP contribution in [0.4, 0.5) is 0 Å². The molecule has 0 saturated heterocycles. The van der Waals surface area contributed by atoms with Crippen molar-refractivity contribution in [2.75, 3.05) is 33.5 Å². The molecule has 0 aliphatic rings. The van der Waals surface area contributed by atoms with Gasteiger partial charge >= 0.3 is 0 Å². The normalized spacial score (nSPS) is 11.4. The van der Waals surface area contributed by atoms with Crippen LogP contribution in [0.5, 0.6) is 11.5 Å². The standard InChI is InChI=1S/C20H24ClO5P.Li/c1-4-24-13-14-26-27(16-11-9-15(10-12-16)25-5-2)20(22)19-17(21)7-6-8-18(19)23-3;/h6-12H,4-5,13-14H2,1-3H3;. The average Bonchev–Trinajstić information content (AvgIpc) is 2.68. The zero-order valence-electron chi connectivity index (χ0n) is 16.7. The Morgan fingerprint density at radius 2 is 1.75 bits per heavy atom. The molecule has 0 aliphatic carbocycles. The first-order valence-electron chi connectivity index (χ1n) is 8.72. The van der Waals surface area contributed by atoms with Gasteiger partial charge in [-0.05, 0) is 50.2 Å². The SMILES string of the molecule is CCOCCOP(C(=O)c1c(Cl)cccc1OC)c1ccc(OCC)cc1.[Li]. The summed E-state index contributed by atoms with van der Waals surface area (Å²) < 4.78 is 22.1. The molecular weight excluding hydrogens is 394 g/mol. The first-order valence-corrected chi connectivity index (χ1v) is 10.4. The Hall–Kier alpha value is -1.05. The maximum atomic E-state index is 13.3. The second-order valence-electron chi connectivity index (χ2n) is 5.37.